The topological polar surface area (TPSA) is 95.9 Å². The van der Waals surface area contributed by atoms with Crippen molar-refractivity contribution in [1.82, 2.24) is 5.32 Å². The molecule has 3 unspecified atom stereocenters. The lowest BCUT2D eigenvalue weighted by Gasteiger charge is -2.24. The number of rotatable bonds is 41. The van der Waals surface area contributed by atoms with Gasteiger partial charge in [0, 0.05) is 6.42 Å². The summed E-state index contributed by atoms with van der Waals surface area (Å²) in [5.74, 6) is -0.518. The number of carbonyl (C=O) groups excluding carboxylic acids is 2. The number of unbranched alkanes of at least 4 members (excludes halogenated alkanes) is 21. The number of carbonyl (C=O) groups is 2. The van der Waals surface area contributed by atoms with Crippen LogP contribution in [-0.2, 0) is 14.3 Å². The molecule has 0 aromatic rings. The van der Waals surface area contributed by atoms with Crippen LogP contribution in [0.5, 0.6) is 0 Å². The van der Waals surface area contributed by atoms with Crippen LogP contribution in [0.1, 0.15) is 226 Å². The fraction of sp³-hybridized carbons (Fsp3) is 0.796. The Labute approximate surface area is 340 Å². The Kier molecular flexibility index (Phi) is 41.2. The molecule has 0 rings (SSSR count). The summed E-state index contributed by atoms with van der Waals surface area (Å²) in [7, 11) is 0. The van der Waals surface area contributed by atoms with Crippen molar-refractivity contribution >= 4 is 11.9 Å². The van der Waals surface area contributed by atoms with Crippen LogP contribution < -0.4 is 5.32 Å². The van der Waals surface area contributed by atoms with E-state index in [2.05, 4.69) is 74.7 Å². The SMILES string of the molecule is CC/C=C/C/C=C/C/C=C/CCCCCCC(=O)OC(CCCCC/C=C\CCCC)CC(=O)NC(CO)C(O)CCCCCCCCCCCCCCC. The Morgan fingerprint density at radius 2 is 1.00 bits per heavy atom. The fourth-order valence-corrected chi connectivity index (χ4v) is 6.84. The number of hydrogen-bond acceptors (Lipinski definition) is 5. The second kappa shape index (κ2) is 43.0. The van der Waals surface area contributed by atoms with Crippen molar-refractivity contribution < 1.29 is 24.5 Å². The van der Waals surface area contributed by atoms with Crippen LogP contribution in [0.25, 0.3) is 0 Å². The van der Waals surface area contributed by atoms with Gasteiger partial charge in [-0.2, -0.15) is 0 Å². The van der Waals surface area contributed by atoms with E-state index in [4.69, 9.17) is 4.74 Å². The summed E-state index contributed by atoms with van der Waals surface area (Å²) in [5.41, 5.74) is 0. The number of aliphatic hydroxyl groups excluding tert-OH is 2. The van der Waals surface area contributed by atoms with Gasteiger partial charge in [-0.1, -0.05) is 185 Å². The van der Waals surface area contributed by atoms with E-state index in [9.17, 15) is 19.8 Å². The molecular weight excluding hydrogens is 683 g/mol. The lowest BCUT2D eigenvalue weighted by Crippen LogP contribution is -2.46. The Balaban J connectivity index is 4.55. The molecule has 0 radical (unpaired) electrons. The van der Waals surface area contributed by atoms with Gasteiger partial charge in [0.25, 0.3) is 0 Å². The number of hydrogen-bond donors (Lipinski definition) is 3. The molecule has 0 aliphatic rings. The van der Waals surface area contributed by atoms with Gasteiger partial charge in [-0.05, 0) is 77.0 Å². The second-order valence-electron chi connectivity index (χ2n) is 15.8. The Morgan fingerprint density at radius 1 is 0.545 bits per heavy atom. The Hall–Kier alpha value is -2.18. The van der Waals surface area contributed by atoms with Crippen LogP contribution in [0.3, 0.4) is 0 Å². The molecule has 0 aliphatic heterocycles. The van der Waals surface area contributed by atoms with Crippen LogP contribution in [0.15, 0.2) is 48.6 Å². The summed E-state index contributed by atoms with van der Waals surface area (Å²) in [5, 5.41) is 23.6. The number of nitrogens with one attached hydrogen (secondary N) is 1. The predicted molar refractivity (Wildman–Crippen MR) is 236 cm³/mol. The molecule has 0 spiro atoms. The van der Waals surface area contributed by atoms with Gasteiger partial charge in [-0.25, -0.2) is 0 Å². The lowest BCUT2D eigenvalue weighted by atomic mass is 10.0. The highest BCUT2D eigenvalue weighted by Gasteiger charge is 2.24. The van der Waals surface area contributed by atoms with Gasteiger partial charge in [0.15, 0.2) is 0 Å². The van der Waals surface area contributed by atoms with Crippen molar-refractivity contribution in [2.45, 2.75) is 244 Å². The monoisotopic (exact) mass is 772 g/mol. The number of ether oxygens (including phenoxy) is 1. The van der Waals surface area contributed by atoms with E-state index in [0.717, 1.165) is 103 Å². The average Bonchev–Trinajstić information content (AvgIpc) is 3.18. The predicted octanol–water partition coefficient (Wildman–Crippen LogP) is 13.5. The van der Waals surface area contributed by atoms with Crippen LogP contribution in [0.4, 0.5) is 0 Å². The first-order valence-corrected chi connectivity index (χ1v) is 23.4. The molecule has 55 heavy (non-hydrogen) atoms. The van der Waals surface area contributed by atoms with E-state index >= 15 is 0 Å². The molecular formula is C49H89NO5. The summed E-state index contributed by atoms with van der Waals surface area (Å²) >= 11 is 0. The van der Waals surface area contributed by atoms with Crippen molar-refractivity contribution in [2.24, 2.45) is 0 Å². The molecule has 3 N–H and O–H groups in total. The van der Waals surface area contributed by atoms with E-state index in [1.54, 1.807) is 0 Å². The summed E-state index contributed by atoms with van der Waals surface area (Å²) in [6.07, 6.45) is 50.3. The fourth-order valence-electron chi connectivity index (χ4n) is 6.84. The number of amides is 1. The van der Waals surface area contributed by atoms with Crippen molar-refractivity contribution in [1.29, 1.82) is 0 Å². The van der Waals surface area contributed by atoms with E-state index in [-0.39, 0.29) is 24.9 Å². The molecule has 6 nitrogen and oxygen atoms in total. The zero-order valence-electron chi connectivity index (χ0n) is 36.3. The van der Waals surface area contributed by atoms with Gasteiger partial charge in [-0.3, -0.25) is 9.59 Å². The first-order valence-electron chi connectivity index (χ1n) is 23.4. The normalized spacial score (nSPS) is 13.8. The molecule has 0 bridgehead atoms. The lowest BCUT2D eigenvalue weighted by molar-refractivity contribution is -0.151. The molecule has 6 heteroatoms. The van der Waals surface area contributed by atoms with Gasteiger partial charge in [0.1, 0.15) is 6.10 Å². The van der Waals surface area contributed by atoms with Crippen LogP contribution in [0.2, 0.25) is 0 Å². The van der Waals surface area contributed by atoms with Gasteiger partial charge in [-0.15, -0.1) is 0 Å². The zero-order chi connectivity index (χ0) is 40.3. The summed E-state index contributed by atoms with van der Waals surface area (Å²) < 4.78 is 5.87. The molecule has 0 aromatic carbocycles. The van der Waals surface area contributed by atoms with Crippen LogP contribution in [0, 0.1) is 0 Å². The van der Waals surface area contributed by atoms with Crippen molar-refractivity contribution in [2.75, 3.05) is 6.61 Å². The number of allylic oxidation sites excluding steroid dienone is 8. The average molecular weight is 772 g/mol. The molecule has 0 saturated carbocycles. The molecule has 0 fully saturated rings. The molecule has 3 atom stereocenters. The minimum absolute atomic E-state index is 0.0571. The standard InChI is InChI=1S/C49H89NO5/c1-4-7-10-13-16-19-21-23-25-27-30-33-36-39-42-49(54)55-45(40-37-34-31-28-18-15-12-9-6-3)43-48(53)50-46(44-51)47(52)41-38-35-32-29-26-24-22-20-17-14-11-8-5-2/h7,10,15-16,18-19,23,25,45-47,51-52H,4-6,8-9,11-14,17,20-22,24,26-44H2,1-3H3,(H,50,53)/b10-7+,18-15-,19-16+,25-23+. The third-order valence-electron chi connectivity index (χ3n) is 10.4. The number of esters is 1. The van der Waals surface area contributed by atoms with Gasteiger partial charge < -0.3 is 20.3 Å². The zero-order valence-corrected chi connectivity index (χ0v) is 36.3. The van der Waals surface area contributed by atoms with E-state index in [0.29, 0.717) is 19.3 Å². The molecule has 1 amide bonds. The van der Waals surface area contributed by atoms with Gasteiger partial charge in [0.2, 0.25) is 5.91 Å². The van der Waals surface area contributed by atoms with Crippen molar-refractivity contribution in [3.05, 3.63) is 48.6 Å². The quantitative estimate of drug-likeness (QED) is 0.0327. The van der Waals surface area contributed by atoms with Crippen LogP contribution >= 0.6 is 0 Å². The van der Waals surface area contributed by atoms with E-state index in [1.165, 1.54) is 77.0 Å². The van der Waals surface area contributed by atoms with Crippen molar-refractivity contribution in [3.63, 3.8) is 0 Å². The minimum Gasteiger partial charge on any atom is -0.462 e. The van der Waals surface area contributed by atoms with Gasteiger partial charge >= 0.3 is 5.97 Å². The maximum absolute atomic E-state index is 13.1. The molecule has 0 aliphatic carbocycles. The number of aliphatic hydroxyl groups is 2. The van der Waals surface area contributed by atoms with Gasteiger partial charge in [0.05, 0.1) is 25.2 Å². The molecule has 0 aromatic heterocycles. The van der Waals surface area contributed by atoms with E-state index in [1.807, 2.05) is 0 Å². The smallest absolute Gasteiger partial charge is 0.306 e. The van der Waals surface area contributed by atoms with Crippen molar-refractivity contribution in [3.8, 4) is 0 Å². The highest BCUT2D eigenvalue weighted by atomic mass is 16.5. The summed E-state index contributed by atoms with van der Waals surface area (Å²) in [4.78, 5) is 25.9. The Morgan fingerprint density at radius 3 is 1.58 bits per heavy atom. The maximum Gasteiger partial charge on any atom is 0.306 e. The second-order valence-corrected chi connectivity index (χ2v) is 15.8. The third-order valence-corrected chi connectivity index (χ3v) is 10.4. The summed E-state index contributed by atoms with van der Waals surface area (Å²) in [6, 6.07) is -0.708. The highest BCUT2D eigenvalue weighted by Crippen LogP contribution is 2.17. The highest BCUT2D eigenvalue weighted by molar-refractivity contribution is 5.77. The molecule has 320 valence electrons. The molecule has 0 saturated heterocycles. The minimum atomic E-state index is -0.793. The third kappa shape index (κ3) is 38.5. The van der Waals surface area contributed by atoms with Crippen LogP contribution in [-0.4, -0.2) is 46.9 Å². The summed E-state index contributed by atoms with van der Waals surface area (Å²) in [6.45, 7) is 6.30. The molecule has 0 heterocycles. The first kappa shape index (κ1) is 52.8. The maximum atomic E-state index is 13.1. The first-order chi connectivity index (χ1) is 27.0. The largest absolute Gasteiger partial charge is 0.462 e. The van der Waals surface area contributed by atoms with E-state index < -0.39 is 18.2 Å². The Bertz CT molecular complexity index is 957.